The van der Waals surface area contributed by atoms with E-state index in [1.54, 1.807) is 0 Å². The van der Waals surface area contributed by atoms with Crippen LogP contribution in [0.4, 0.5) is 0 Å². The van der Waals surface area contributed by atoms with Crippen LogP contribution in [0.2, 0.25) is 0 Å². The fourth-order valence-electron chi connectivity index (χ4n) is 0.841. The zero-order valence-electron chi connectivity index (χ0n) is 7.82. The van der Waals surface area contributed by atoms with E-state index in [2.05, 4.69) is 20.3 Å². The van der Waals surface area contributed by atoms with E-state index in [0.717, 1.165) is 0 Å². The molecule has 0 saturated carbocycles. The van der Waals surface area contributed by atoms with Gasteiger partial charge in [0.1, 0.15) is 0 Å². The van der Waals surface area contributed by atoms with E-state index in [9.17, 15) is 0 Å². The maximum Gasteiger partial charge on any atom is 1.00 e. The van der Waals surface area contributed by atoms with Crippen LogP contribution in [0.15, 0.2) is 0 Å². The van der Waals surface area contributed by atoms with Crippen molar-refractivity contribution in [1.82, 2.24) is 0 Å². The predicted molar refractivity (Wildman–Crippen MR) is 43.4 cm³/mol. The van der Waals surface area contributed by atoms with Crippen LogP contribution in [0.5, 0.6) is 0 Å². The van der Waals surface area contributed by atoms with Crippen molar-refractivity contribution in [1.29, 1.82) is 0 Å². The minimum absolute atomic E-state index is 0. The quantitative estimate of drug-likeness (QED) is 0.283. The fraction of sp³-hybridized carbons (Fsp3) is 0.889. The molecule has 56 valence electrons. The third-order valence-corrected chi connectivity index (χ3v) is 1.52. The predicted octanol–water partition coefficient (Wildman–Crippen LogP) is 0.575. The summed E-state index contributed by atoms with van der Waals surface area (Å²) in [5.74, 6) is 0. The van der Waals surface area contributed by atoms with Gasteiger partial charge < -0.3 is 6.42 Å². The Kier molecular flexibility index (Phi) is 16.2. The summed E-state index contributed by atoms with van der Waals surface area (Å²) >= 11 is 0. The molecule has 0 atom stereocenters. The van der Waals surface area contributed by atoms with Gasteiger partial charge in [-0.2, -0.15) is 12.8 Å². The summed E-state index contributed by atoms with van der Waals surface area (Å²) in [6, 6.07) is 0. The van der Waals surface area contributed by atoms with Crippen molar-refractivity contribution in [3.8, 4) is 0 Å². The molecule has 0 aromatic heterocycles. The standard InChI is InChI=1S/C9H19.Li/c1-3-5-7-9-8-6-4-2;/h9H,3-8H2,1-2H3;/q-1;+1. The fourth-order valence-corrected chi connectivity index (χ4v) is 0.841. The molecule has 0 nitrogen and oxygen atoms in total. The van der Waals surface area contributed by atoms with Gasteiger partial charge in [0, 0.05) is 0 Å². The van der Waals surface area contributed by atoms with Crippen LogP contribution in [-0.4, -0.2) is 0 Å². The van der Waals surface area contributed by atoms with Gasteiger partial charge >= 0.3 is 18.9 Å². The Morgan fingerprint density at radius 2 is 1.30 bits per heavy atom. The second kappa shape index (κ2) is 12.3. The third kappa shape index (κ3) is 11.4. The van der Waals surface area contributed by atoms with E-state index in [1.807, 2.05) is 0 Å². The van der Waals surface area contributed by atoms with Gasteiger partial charge in [-0.05, 0) is 0 Å². The maximum atomic E-state index is 2.42. The van der Waals surface area contributed by atoms with Crippen molar-refractivity contribution in [2.24, 2.45) is 0 Å². The normalized spacial score (nSPS) is 9.00. The molecule has 0 bridgehead atoms. The van der Waals surface area contributed by atoms with Crippen molar-refractivity contribution in [3.63, 3.8) is 0 Å². The van der Waals surface area contributed by atoms with Gasteiger partial charge in [-0.15, -0.1) is 0 Å². The number of unbranched alkanes of at least 4 members (excludes halogenated alkanes) is 6. The molecule has 1 heteroatoms. The Balaban J connectivity index is 0. The van der Waals surface area contributed by atoms with Crippen LogP contribution < -0.4 is 18.9 Å². The molecule has 0 amide bonds. The average molecular weight is 134 g/mol. The van der Waals surface area contributed by atoms with Gasteiger partial charge in [-0.1, -0.05) is 39.5 Å². The number of rotatable bonds is 6. The van der Waals surface area contributed by atoms with Gasteiger partial charge in [0.25, 0.3) is 0 Å². The molecule has 10 heavy (non-hydrogen) atoms. The summed E-state index contributed by atoms with van der Waals surface area (Å²) in [5, 5.41) is 0. The minimum atomic E-state index is 0. The Morgan fingerprint density at radius 1 is 0.900 bits per heavy atom. The number of hydrogen-bond acceptors (Lipinski definition) is 0. The first-order chi connectivity index (χ1) is 4.41. The Hall–Kier alpha value is 0.597. The van der Waals surface area contributed by atoms with Gasteiger partial charge in [-0.3, -0.25) is 0 Å². The van der Waals surface area contributed by atoms with Crippen LogP contribution in [0.3, 0.4) is 0 Å². The molecule has 0 N–H and O–H groups in total. The summed E-state index contributed by atoms with van der Waals surface area (Å²) in [4.78, 5) is 0. The smallest absolute Gasteiger partial charge is 0.328 e. The largest absolute Gasteiger partial charge is 1.00 e. The van der Waals surface area contributed by atoms with E-state index in [1.165, 1.54) is 38.5 Å². The first-order valence-corrected chi connectivity index (χ1v) is 4.23. The molecule has 0 unspecified atom stereocenters. The average Bonchev–Trinajstić information content (AvgIpc) is 1.89. The zero-order valence-corrected chi connectivity index (χ0v) is 7.82. The second-order valence-electron chi connectivity index (χ2n) is 2.57. The van der Waals surface area contributed by atoms with Crippen molar-refractivity contribution in [2.75, 3.05) is 0 Å². The molecule has 0 rings (SSSR count). The van der Waals surface area contributed by atoms with Gasteiger partial charge in [0.05, 0.1) is 0 Å². The summed E-state index contributed by atoms with van der Waals surface area (Å²) in [7, 11) is 0. The van der Waals surface area contributed by atoms with Crippen LogP contribution in [0.25, 0.3) is 0 Å². The molecule has 0 aliphatic rings. The molecule has 0 radical (unpaired) electrons. The summed E-state index contributed by atoms with van der Waals surface area (Å²) in [6.07, 6.45) is 10.5. The second-order valence-corrected chi connectivity index (χ2v) is 2.57. The summed E-state index contributed by atoms with van der Waals surface area (Å²) < 4.78 is 0. The van der Waals surface area contributed by atoms with Gasteiger partial charge in [0.15, 0.2) is 0 Å². The van der Waals surface area contributed by atoms with Gasteiger partial charge in [-0.25, -0.2) is 0 Å². The number of hydrogen-bond donors (Lipinski definition) is 0. The summed E-state index contributed by atoms with van der Waals surface area (Å²) in [5.41, 5.74) is 0. The Bertz CT molecular complexity index is 38.0. The van der Waals surface area contributed by atoms with E-state index in [-0.39, 0.29) is 18.9 Å². The van der Waals surface area contributed by atoms with Crippen LogP contribution in [0, 0.1) is 6.42 Å². The molecule has 0 aliphatic carbocycles. The van der Waals surface area contributed by atoms with E-state index in [4.69, 9.17) is 0 Å². The van der Waals surface area contributed by atoms with Crippen LogP contribution in [-0.2, 0) is 0 Å². The monoisotopic (exact) mass is 134 g/mol. The maximum absolute atomic E-state index is 2.42. The third-order valence-electron chi connectivity index (χ3n) is 1.52. The summed E-state index contributed by atoms with van der Waals surface area (Å²) in [6.45, 7) is 4.49. The molecule has 0 spiro atoms. The van der Waals surface area contributed by atoms with Crippen molar-refractivity contribution >= 4 is 0 Å². The molecule has 0 aliphatic heterocycles. The topological polar surface area (TPSA) is 0 Å². The van der Waals surface area contributed by atoms with E-state index < -0.39 is 0 Å². The molecular formula is C9H19Li. The SMILES string of the molecule is CCCC[CH-]CCCC.[Li+]. The van der Waals surface area contributed by atoms with Crippen molar-refractivity contribution < 1.29 is 18.9 Å². The van der Waals surface area contributed by atoms with Gasteiger partial charge in [0.2, 0.25) is 0 Å². The van der Waals surface area contributed by atoms with E-state index >= 15 is 0 Å². The molecule has 0 saturated heterocycles. The minimum Gasteiger partial charge on any atom is -0.328 e. The first-order valence-electron chi connectivity index (χ1n) is 4.23. The Morgan fingerprint density at radius 3 is 1.60 bits per heavy atom. The molecule has 0 aromatic rings. The van der Waals surface area contributed by atoms with Crippen molar-refractivity contribution in [3.05, 3.63) is 6.42 Å². The van der Waals surface area contributed by atoms with Crippen LogP contribution >= 0.6 is 0 Å². The molecule has 0 fully saturated rings. The zero-order chi connectivity index (χ0) is 6.95. The van der Waals surface area contributed by atoms with Crippen LogP contribution in [0.1, 0.15) is 52.4 Å². The molecule has 0 heterocycles. The molecule has 0 aromatic carbocycles. The molecular weight excluding hydrogens is 115 g/mol. The first kappa shape index (κ1) is 13.2. The Labute approximate surface area is 78.0 Å². The van der Waals surface area contributed by atoms with Crippen molar-refractivity contribution in [2.45, 2.75) is 52.4 Å². The van der Waals surface area contributed by atoms with E-state index in [0.29, 0.717) is 0 Å².